The number of fused-ring (bicyclic) bond motifs is 1. The van der Waals surface area contributed by atoms with Gasteiger partial charge in [-0.3, -0.25) is 4.79 Å². The van der Waals surface area contributed by atoms with Gasteiger partial charge in [0, 0.05) is 10.8 Å². The van der Waals surface area contributed by atoms with Crippen LogP contribution in [0.3, 0.4) is 0 Å². The topological polar surface area (TPSA) is 17.1 Å². The summed E-state index contributed by atoms with van der Waals surface area (Å²) in [5, 5.41) is 0. The maximum absolute atomic E-state index is 12.7. The van der Waals surface area contributed by atoms with Gasteiger partial charge in [0.15, 0.2) is 0 Å². The number of ketones is 1. The summed E-state index contributed by atoms with van der Waals surface area (Å²) in [6, 6.07) is 0. The summed E-state index contributed by atoms with van der Waals surface area (Å²) in [6.45, 7) is 9.33. The Morgan fingerprint density at radius 3 is 2.25 bits per heavy atom. The van der Waals surface area contributed by atoms with Crippen molar-refractivity contribution in [3.05, 3.63) is 0 Å². The highest BCUT2D eigenvalue weighted by atomic mass is 16.1. The lowest BCUT2D eigenvalue weighted by molar-refractivity contribution is -0.150. The monoisotopic (exact) mass is 220 g/mol. The van der Waals surface area contributed by atoms with Crippen LogP contribution in [0.15, 0.2) is 0 Å². The van der Waals surface area contributed by atoms with Gasteiger partial charge < -0.3 is 0 Å². The quantitative estimate of drug-likeness (QED) is 0.604. The molecule has 0 N–H and O–H groups in total. The SMILES string of the molecule is CC1(C)CCC[C@@]2(C)C(=O)[C@]3(C)CC[C@]12C3. The van der Waals surface area contributed by atoms with Crippen molar-refractivity contribution in [2.45, 2.75) is 66.2 Å². The van der Waals surface area contributed by atoms with Gasteiger partial charge in [0.25, 0.3) is 0 Å². The van der Waals surface area contributed by atoms with E-state index in [1.807, 2.05) is 0 Å². The highest BCUT2D eigenvalue weighted by Crippen LogP contribution is 2.77. The van der Waals surface area contributed by atoms with E-state index in [1.165, 1.54) is 25.7 Å². The third kappa shape index (κ3) is 0.855. The highest BCUT2D eigenvalue weighted by molar-refractivity contribution is 5.94. The zero-order valence-electron chi connectivity index (χ0n) is 11.2. The van der Waals surface area contributed by atoms with Crippen LogP contribution in [0.1, 0.15) is 66.2 Å². The van der Waals surface area contributed by atoms with Crippen molar-refractivity contribution in [3.63, 3.8) is 0 Å². The summed E-state index contributed by atoms with van der Waals surface area (Å²) in [5.74, 6) is 0.596. The maximum atomic E-state index is 12.7. The van der Waals surface area contributed by atoms with E-state index in [0.29, 0.717) is 16.6 Å². The Labute approximate surface area is 99.0 Å². The van der Waals surface area contributed by atoms with Crippen molar-refractivity contribution < 1.29 is 4.79 Å². The van der Waals surface area contributed by atoms with Gasteiger partial charge in [0.05, 0.1) is 0 Å². The third-order valence-corrected chi connectivity index (χ3v) is 6.68. The number of hydrogen-bond donors (Lipinski definition) is 0. The lowest BCUT2D eigenvalue weighted by Crippen LogP contribution is -2.53. The molecular weight excluding hydrogens is 196 g/mol. The molecule has 0 aliphatic heterocycles. The first-order valence-corrected chi connectivity index (χ1v) is 6.83. The first-order valence-electron chi connectivity index (χ1n) is 6.83. The molecule has 3 saturated carbocycles. The Morgan fingerprint density at radius 2 is 1.62 bits per heavy atom. The third-order valence-electron chi connectivity index (χ3n) is 6.68. The van der Waals surface area contributed by atoms with Crippen LogP contribution in [-0.2, 0) is 4.79 Å². The van der Waals surface area contributed by atoms with Gasteiger partial charge in [-0.15, -0.1) is 0 Å². The molecule has 16 heavy (non-hydrogen) atoms. The summed E-state index contributed by atoms with van der Waals surface area (Å²) >= 11 is 0. The summed E-state index contributed by atoms with van der Waals surface area (Å²) in [5.41, 5.74) is 0.714. The second kappa shape index (κ2) is 2.57. The average molecular weight is 220 g/mol. The molecule has 3 aliphatic carbocycles. The number of carbonyl (C=O) groups is 1. The van der Waals surface area contributed by atoms with Crippen LogP contribution < -0.4 is 0 Å². The van der Waals surface area contributed by atoms with E-state index < -0.39 is 0 Å². The van der Waals surface area contributed by atoms with E-state index in [-0.39, 0.29) is 10.8 Å². The minimum Gasteiger partial charge on any atom is -0.298 e. The molecule has 0 aromatic carbocycles. The molecule has 0 amide bonds. The molecule has 2 bridgehead atoms. The summed E-state index contributed by atoms with van der Waals surface area (Å²) in [4.78, 5) is 12.7. The van der Waals surface area contributed by atoms with Crippen molar-refractivity contribution in [2.75, 3.05) is 0 Å². The van der Waals surface area contributed by atoms with E-state index >= 15 is 0 Å². The Morgan fingerprint density at radius 1 is 0.938 bits per heavy atom. The van der Waals surface area contributed by atoms with Gasteiger partial charge in [-0.1, -0.05) is 34.1 Å². The Kier molecular flexibility index (Phi) is 1.73. The molecule has 1 spiro atoms. The van der Waals surface area contributed by atoms with Crippen molar-refractivity contribution in [2.24, 2.45) is 21.7 Å². The van der Waals surface area contributed by atoms with Crippen LogP contribution in [0, 0.1) is 21.7 Å². The van der Waals surface area contributed by atoms with Crippen LogP contribution in [0.5, 0.6) is 0 Å². The van der Waals surface area contributed by atoms with E-state index in [4.69, 9.17) is 0 Å². The molecule has 0 unspecified atom stereocenters. The van der Waals surface area contributed by atoms with Crippen molar-refractivity contribution in [3.8, 4) is 0 Å². The highest BCUT2D eigenvalue weighted by Gasteiger charge is 2.74. The maximum Gasteiger partial charge on any atom is 0.145 e. The first kappa shape index (κ1) is 10.8. The lowest BCUT2D eigenvalue weighted by atomic mass is 9.46. The molecule has 3 rings (SSSR count). The molecular formula is C15H24O. The molecule has 90 valence electrons. The second-order valence-corrected chi connectivity index (χ2v) is 7.72. The lowest BCUT2D eigenvalue weighted by Gasteiger charge is -2.57. The zero-order valence-corrected chi connectivity index (χ0v) is 11.2. The van der Waals surface area contributed by atoms with Crippen LogP contribution in [0.2, 0.25) is 0 Å². The number of hydrogen-bond acceptors (Lipinski definition) is 1. The molecule has 3 aliphatic rings. The molecule has 0 aromatic rings. The fourth-order valence-corrected chi connectivity index (χ4v) is 5.68. The van der Waals surface area contributed by atoms with Crippen molar-refractivity contribution >= 4 is 5.78 Å². The molecule has 0 saturated heterocycles. The fourth-order valence-electron chi connectivity index (χ4n) is 5.68. The standard InChI is InChI=1S/C15H24O/c1-12(2)6-5-7-14(4)11(16)13(3)8-9-15(12,14)10-13/h5-10H2,1-4H3/t13-,14+,15+/m1/s1. The number of rotatable bonds is 0. The summed E-state index contributed by atoms with van der Waals surface area (Å²) in [6.07, 6.45) is 7.30. The minimum atomic E-state index is 0.00174. The van der Waals surface area contributed by atoms with Crippen LogP contribution >= 0.6 is 0 Å². The summed E-state index contributed by atoms with van der Waals surface area (Å²) < 4.78 is 0. The van der Waals surface area contributed by atoms with E-state index in [0.717, 1.165) is 12.8 Å². The van der Waals surface area contributed by atoms with Gasteiger partial charge in [-0.25, -0.2) is 0 Å². The molecule has 0 aromatic heterocycles. The van der Waals surface area contributed by atoms with Crippen molar-refractivity contribution in [1.29, 1.82) is 0 Å². The van der Waals surface area contributed by atoms with Gasteiger partial charge >= 0.3 is 0 Å². The molecule has 0 radical (unpaired) electrons. The molecule has 1 nitrogen and oxygen atoms in total. The fraction of sp³-hybridized carbons (Fsp3) is 0.933. The molecule has 1 heteroatoms. The van der Waals surface area contributed by atoms with Crippen LogP contribution in [-0.4, -0.2) is 5.78 Å². The van der Waals surface area contributed by atoms with Crippen LogP contribution in [0.25, 0.3) is 0 Å². The normalized spacial score (nSPS) is 54.1. The van der Waals surface area contributed by atoms with E-state index in [9.17, 15) is 4.79 Å². The largest absolute Gasteiger partial charge is 0.298 e. The molecule has 3 atom stereocenters. The predicted octanol–water partition coefficient (Wildman–Crippen LogP) is 3.96. The Hall–Kier alpha value is -0.330. The second-order valence-electron chi connectivity index (χ2n) is 7.72. The number of Topliss-reactive ketones (excluding diaryl/α,β-unsaturated/α-hetero) is 1. The zero-order chi connectivity index (χ0) is 11.8. The smallest absolute Gasteiger partial charge is 0.145 e. The Bertz CT molecular complexity index is 370. The summed E-state index contributed by atoms with van der Waals surface area (Å²) in [7, 11) is 0. The van der Waals surface area contributed by atoms with Crippen LogP contribution in [0.4, 0.5) is 0 Å². The predicted molar refractivity (Wildman–Crippen MR) is 65.1 cm³/mol. The van der Waals surface area contributed by atoms with Gasteiger partial charge in [-0.2, -0.15) is 0 Å². The van der Waals surface area contributed by atoms with E-state index in [1.54, 1.807) is 0 Å². The molecule has 3 fully saturated rings. The average Bonchev–Trinajstić information content (AvgIpc) is 2.62. The van der Waals surface area contributed by atoms with Gasteiger partial charge in [-0.05, 0) is 42.9 Å². The number of carbonyl (C=O) groups excluding carboxylic acids is 1. The van der Waals surface area contributed by atoms with E-state index in [2.05, 4.69) is 27.7 Å². The van der Waals surface area contributed by atoms with Gasteiger partial charge in [0.1, 0.15) is 5.78 Å². The minimum absolute atomic E-state index is 0.00174. The Balaban J connectivity index is 2.19. The van der Waals surface area contributed by atoms with Gasteiger partial charge in [0.2, 0.25) is 0 Å². The first-order chi connectivity index (χ1) is 7.28. The van der Waals surface area contributed by atoms with Crippen molar-refractivity contribution in [1.82, 2.24) is 0 Å². The molecule has 0 heterocycles.